The molecule has 0 aliphatic rings. The van der Waals surface area contributed by atoms with Gasteiger partial charge in [0.1, 0.15) is 0 Å². The fourth-order valence-corrected chi connectivity index (χ4v) is 0.664. The molecule has 0 heterocycles. The first kappa shape index (κ1) is 14.0. The zero-order valence-corrected chi connectivity index (χ0v) is 9.07. The standard InChI is InChI=1S/C10H15F3O2/c1-7(2)8(14)15-6-5-9(3,4)10(11,12)13/h1,5-6H2,2-4H3. The van der Waals surface area contributed by atoms with Crippen LogP contribution in [0.5, 0.6) is 0 Å². The van der Waals surface area contributed by atoms with E-state index in [9.17, 15) is 18.0 Å². The number of halogens is 3. The number of carbonyl (C=O) groups is 1. The molecule has 0 aromatic rings. The van der Waals surface area contributed by atoms with Gasteiger partial charge in [0.15, 0.2) is 0 Å². The summed E-state index contributed by atoms with van der Waals surface area (Å²) in [5.41, 5.74) is -1.66. The molecule has 88 valence electrons. The molecule has 0 amide bonds. The first-order valence-electron chi connectivity index (χ1n) is 4.47. The van der Waals surface area contributed by atoms with Gasteiger partial charge in [-0.1, -0.05) is 20.4 Å². The van der Waals surface area contributed by atoms with Gasteiger partial charge >= 0.3 is 12.1 Å². The Kier molecular flexibility index (Phi) is 4.37. The molecule has 0 bridgehead atoms. The topological polar surface area (TPSA) is 26.3 Å². The van der Waals surface area contributed by atoms with Gasteiger partial charge in [-0.25, -0.2) is 4.79 Å². The quantitative estimate of drug-likeness (QED) is 0.541. The van der Waals surface area contributed by atoms with Crippen LogP contribution in [0.25, 0.3) is 0 Å². The maximum atomic E-state index is 12.4. The van der Waals surface area contributed by atoms with Crippen LogP contribution in [-0.4, -0.2) is 18.8 Å². The number of alkyl halides is 3. The van der Waals surface area contributed by atoms with E-state index in [1.807, 2.05) is 0 Å². The molecule has 0 unspecified atom stereocenters. The van der Waals surface area contributed by atoms with E-state index in [1.54, 1.807) is 0 Å². The molecule has 0 aliphatic heterocycles. The second kappa shape index (κ2) is 4.68. The molecule has 2 nitrogen and oxygen atoms in total. The summed E-state index contributed by atoms with van der Waals surface area (Å²) in [6.45, 7) is 6.65. The highest BCUT2D eigenvalue weighted by Crippen LogP contribution is 2.40. The predicted octanol–water partition coefficient (Wildman–Crippen LogP) is 3.08. The van der Waals surface area contributed by atoms with Crippen molar-refractivity contribution in [1.82, 2.24) is 0 Å². The Bertz CT molecular complexity index is 254. The van der Waals surface area contributed by atoms with Crippen molar-refractivity contribution >= 4 is 5.97 Å². The van der Waals surface area contributed by atoms with Crippen molar-refractivity contribution in [3.8, 4) is 0 Å². The van der Waals surface area contributed by atoms with Crippen molar-refractivity contribution in [3.05, 3.63) is 12.2 Å². The lowest BCUT2D eigenvalue weighted by molar-refractivity contribution is -0.216. The average molecular weight is 224 g/mol. The number of esters is 1. The van der Waals surface area contributed by atoms with Gasteiger partial charge in [-0.15, -0.1) is 0 Å². The summed E-state index contributed by atoms with van der Waals surface area (Å²) in [6, 6.07) is 0. The van der Waals surface area contributed by atoms with Crippen LogP contribution in [0.2, 0.25) is 0 Å². The smallest absolute Gasteiger partial charge is 0.394 e. The summed E-state index contributed by atoms with van der Waals surface area (Å²) in [5.74, 6) is -0.659. The summed E-state index contributed by atoms with van der Waals surface area (Å²) in [5, 5.41) is 0. The molecule has 0 saturated carbocycles. The molecule has 0 saturated heterocycles. The summed E-state index contributed by atoms with van der Waals surface area (Å²) in [7, 11) is 0. The van der Waals surface area contributed by atoms with Gasteiger partial charge in [-0.3, -0.25) is 0 Å². The normalized spacial score (nSPS) is 12.4. The van der Waals surface area contributed by atoms with Gasteiger partial charge in [0, 0.05) is 5.57 Å². The van der Waals surface area contributed by atoms with Crippen LogP contribution in [0.4, 0.5) is 13.2 Å². The third-order valence-corrected chi connectivity index (χ3v) is 2.08. The van der Waals surface area contributed by atoms with Crippen molar-refractivity contribution in [2.24, 2.45) is 5.41 Å². The van der Waals surface area contributed by atoms with E-state index < -0.39 is 17.6 Å². The molecular formula is C10H15F3O2. The lowest BCUT2D eigenvalue weighted by Crippen LogP contribution is -2.33. The van der Waals surface area contributed by atoms with Crippen LogP contribution in [0, 0.1) is 5.41 Å². The third-order valence-electron chi connectivity index (χ3n) is 2.08. The molecule has 0 rings (SSSR count). The van der Waals surface area contributed by atoms with Gasteiger partial charge in [-0.2, -0.15) is 13.2 Å². The number of hydrogen-bond acceptors (Lipinski definition) is 2. The van der Waals surface area contributed by atoms with E-state index in [4.69, 9.17) is 0 Å². The van der Waals surface area contributed by atoms with Crippen molar-refractivity contribution in [2.75, 3.05) is 6.61 Å². The SMILES string of the molecule is C=C(C)C(=O)OCCC(C)(C)C(F)(F)F. The van der Waals surface area contributed by atoms with Crippen molar-refractivity contribution in [2.45, 2.75) is 33.4 Å². The largest absolute Gasteiger partial charge is 0.462 e. The fourth-order valence-electron chi connectivity index (χ4n) is 0.664. The zero-order valence-electron chi connectivity index (χ0n) is 9.07. The Morgan fingerprint density at radius 3 is 2.13 bits per heavy atom. The van der Waals surface area contributed by atoms with E-state index in [1.165, 1.54) is 6.92 Å². The summed E-state index contributed by atoms with van der Waals surface area (Å²) >= 11 is 0. The van der Waals surface area contributed by atoms with Crippen LogP contribution < -0.4 is 0 Å². The second-order valence-electron chi connectivity index (χ2n) is 4.05. The first-order chi connectivity index (χ1) is 6.58. The zero-order chi connectivity index (χ0) is 12.3. The van der Waals surface area contributed by atoms with Crippen LogP contribution in [0.15, 0.2) is 12.2 Å². The van der Waals surface area contributed by atoms with E-state index in [-0.39, 0.29) is 18.6 Å². The maximum Gasteiger partial charge on any atom is 0.394 e. The van der Waals surface area contributed by atoms with Crippen molar-refractivity contribution in [1.29, 1.82) is 0 Å². The predicted molar refractivity (Wildman–Crippen MR) is 50.2 cm³/mol. The molecule has 0 radical (unpaired) electrons. The highest BCUT2D eigenvalue weighted by atomic mass is 19.4. The molecule has 0 N–H and O–H groups in total. The number of rotatable bonds is 4. The van der Waals surface area contributed by atoms with E-state index >= 15 is 0 Å². The Balaban J connectivity index is 4.07. The lowest BCUT2D eigenvalue weighted by atomic mass is 9.89. The highest BCUT2D eigenvalue weighted by Gasteiger charge is 2.46. The Hall–Kier alpha value is -1.00. The fraction of sp³-hybridized carbons (Fsp3) is 0.700. The van der Waals surface area contributed by atoms with Crippen molar-refractivity contribution < 1.29 is 22.7 Å². The summed E-state index contributed by atoms with van der Waals surface area (Å²) < 4.78 is 41.7. The molecule has 0 spiro atoms. The highest BCUT2D eigenvalue weighted by molar-refractivity contribution is 5.86. The molecule has 0 atom stereocenters. The average Bonchev–Trinajstić information content (AvgIpc) is 2.01. The van der Waals surface area contributed by atoms with Gasteiger partial charge in [-0.05, 0) is 13.3 Å². The summed E-state index contributed by atoms with van der Waals surface area (Å²) in [6.07, 6.45) is -4.54. The number of hydrogen-bond donors (Lipinski definition) is 0. The number of ether oxygens (including phenoxy) is 1. The van der Waals surface area contributed by atoms with Crippen LogP contribution in [0.1, 0.15) is 27.2 Å². The molecule has 15 heavy (non-hydrogen) atoms. The molecule has 0 aliphatic carbocycles. The van der Waals surface area contributed by atoms with E-state index in [2.05, 4.69) is 11.3 Å². The van der Waals surface area contributed by atoms with E-state index in [0.29, 0.717) is 0 Å². The van der Waals surface area contributed by atoms with E-state index in [0.717, 1.165) is 13.8 Å². The van der Waals surface area contributed by atoms with Gasteiger partial charge in [0.25, 0.3) is 0 Å². The van der Waals surface area contributed by atoms with Gasteiger partial charge < -0.3 is 4.74 Å². The molecule has 0 aromatic carbocycles. The molecule has 0 aromatic heterocycles. The van der Waals surface area contributed by atoms with Crippen LogP contribution >= 0.6 is 0 Å². The number of carbonyl (C=O) groups excluding carboxylic acids is 1. The second-order valence-corrected chi connectivity index (χ2v) is 4.05. The lowest BCUT2D eigenvalue weighted by Gasteiger charge is -2.27. The monoisotopic (exact) mass is 224 g/mol. The van der Waals surface area contributed by atoms with Gasteiger partial charge in [0.2, 0.25) is 0 Å². The van der Waals surface area contributed by atoms with Crippen LogP contribution in [0.3, 0.4) is 0 Å². The first-order valence-corrected chi connectivity index (χ1v) is 4.47. The molecule has 0 fully saturated rings. The van der Waals surface area contributed by atoms with Crippen molar-refractivity contribution in [3.63, 3.8) is 0 Å². The molecular weight excluding hydrogens is 209 g/mol. The van der Waals surface area contributed by atoms with Crippen LogP contribution in [-0.2, 0) is 9.53 Å². The Morgan fingerprint density at radius 2 is 1.80 bits per heavy atom. The van der Waals surface area contributed by atoms with Gasteiger partial charge in [0.05, 0.1) is 12.0 Å². The third kappa shape index (κ3) is 4.36. The molecule has 5 heteroatoms. The minimum absolute atomic E-state index is 0.180. The minimum Gasteiger partial charge on any atom is -0.462 e. The minimum atomic E-state index is -4.29. The summed E-state index contributed by atoms with van der Waals surface area (Å²) in [4.78, 5) is 10.9. The Labute approximate surface area is 87.1 Å². The maximum absolute atomic E-state index is 12.4. The Morgan fingerprint density at radius 1 is 1.33 bits per heavy atom.